The Morgan fingerprint density at radius 1 is 1.02 bits per heavy atom. The standard InChI is InChI=1S/C30H25ClN4O5S3/c1-2-40-30(37)35-16-15-21-25(17-35)42-29(26(21)28-32-23-9-5-6-10-24(23)41-28)33-27(36)20-7-3-4-8-22(20)34-43(38,39)19-13-11-18(31)12-14-19/h3-14,34H,2,15-17H2,1H3,(H,33,36). The predicted molar refractivity (Wildman–Crippen MR) is 171 cm³/mol. The number of para-hydroxylation sites is 2. The van der Waals surface area contributed by atoms with Crippen molar-refractivity contribution < 1.29 is 22.7 Å². The number of nitrogens with one attached hydrogen (secondary N) is 2. The first-order valence-electron chi connectivity index (χ1n) is 13.3. The quantitative estimate of drug-likeness (QED) is 0.191. The van der Waals surface area contributed by atoms with E-state index in [4.69, 9.17) is 21.3 Å². The van der Waals surface area contributed by atoms with Crippen molar-refractivity contribution in [1.82, 2.24) is 9.88 Å². The number of sulfonamides is 1. The zero-order valence-corrected chi connectivity index (χ0v) is 26.0. The van der Waals surface area contributed by atoms with Crippen LogP contribution in [0.2, 0.25) is 5.02 Å². The van der Waals surface area contributed by atoms with Gasteiger partial charge in [-0.15, -0.1) is 22.7 Å². The van der Waals surface area contributed by atoms with E-state index in [9.17, 15) is 18.0 Å². The summed E-state index contributed by atoms with van der Waals surface area (Å²) in [5.41, 5.74) is 2.97. The van der Waals surface area contributed by atoms with Gasteiger partial charge in [0.2, 0.25) is 0 Å². The molecule has 220 valence electrons. The maximum Gasteiger partial charge on any atom is 0.410 e. The van der Waals surface area contributed by atoms with Crippen LogP contribution >= 0.6 is 34.3 Å². The highest BCUT2D eigenvalue weighted by Gasteiger charge is 2.30. The van der Waals surface area contributed by atoms with Crippen LogP contribution in [0.1, 0.15) is 27.7 Å². The van der Waals surface area contributed by atoms with Gasteiger partial charge in [-0.25, -0.2) is 18.2 Å². The molecule has 2 aromatic heterocycles. The summed E-state index contributed by atoms with van der Waals surface area (Å²) >= 11 is 8.83. The molecule has 0 spiro atoms. The van der Waals surface area contributed by atoms with Crippen LogP contribution in [0.4, 0.5) is 15.5 Å². The zero-order valence-electron chi connectivity index (χ0n) is 22.8. The predicted octanol–water partition coefficient (Wildman–Crippen LogP) is 7.25. The van der Waals surface area contributed by atoms with Crippen LogP contribution in [0.25, 0.3) is 20.8 Å². The molecule has 1 aliphatic rings. The third-order valence-corrected chi connectivity index (χ3v) is 10.7. The van der Waals surface area contributed by atoms with Crippen molar-refractivity contribution in [3.8, 4) is 10.6 Å². The normalized spacial score (nSPS) is 13.0. The Kier molecular flexibility index (Phi) is 8.10. The second-order valence-corrected chi connectivity index (χ2v) is 13.9. The van der Waals surface area contributed by atoms with Crippen LogP contribution in [0.5, 0.6) is 0 Å². The third-order valence-electron chi connectivity index (χ3n) is 6.86. The van der Waals surface area contributed by atoms with Gasteiger partial charge in [-0.2, -0.15) is 0 Å². The van der Waals surface area contributed by atoms with Crippen LogP contribution in [0, 0.1) is 0 Å². The van der Waals surface area contributed by atoms with Gasteiger partial charge in [0.15, 0.2) is 0 Å². The molecular formula is C30H25ClN4O5S3. The molecular weight excluding hydrogens is 628 g/mol. The van der Waals surface area contributed by atoms with Gasteiger partial charge >= 0.3 is 6.09 Å². The summed E-state index contributed by atoms with van der Waals surface area (Å²) in [7, 11) is -3.99. The Labute approximate surface area is 261 Å². The van der Waals surface area contributed by atoms with Crippen molar-refractivity contribution in [2.45, 2.75) is 24.8 Å². The number of nitrogens with zero attached hydrogens (tertiary/aromatic N) is 2. The van der Waals surface area contributed by atoms with Gasteiger partial charge in [0.25, 0.3) is 15.9 Å². The van der Waals surface area contributed by atoms with Gasteiger partial charge < -0.3 is 15.0 Å². The lowest BCUT2D eigenvalue weighted by molar-refractivity contribution is 0.102. The van der Waals surface area contributed by atoms with E-state index < -0.39 is 15.9 Å². The molecule has 9 nitrogen and oxygen atoms in total. The number of hydrogen-bond donors (Lipinski definition) is 2. The number of fused-ring (bicyclic) bond motifs is 2. The number of carbonyl (C=O) groups excluding carboxylic acids is 2. The number of anilines is 2. The number of benzene rings is 3. The van der Waals surface area contributed by atoms with Crippen molar-refractivity contribution in [2.24, 2.45) is 0 Å². The molecule has 3 heterocycles. The summed E-state index contributed by atoms with van der Waals surface area (Å²) < 4.78 is 35.0. The van der Waals surface area contributed by atoms with E-state index in [1.54, 1.807) is 30.0 Å². The number of aromatic nitrogens is 1. The summed E-state index contributed by atoms with van der Waals surface area (Å²) in [6.45, 7) is 2.88. The minimum Gasteiger partial charge on any atom is -0.450 e. The van der Waals surface area contributed by atoms with E-state index >= 15 is 0 Å². The van der Waals surface area contributed by atoms with Crippen molar-refractivity contribution in [2.75, 3.05) is 23.2 Å². The Morgan fingerprint density at radius 2 is 1.77 bits per heavy atom. The molecule has 43 heavy (non-hydrogen) atoms. The van der Waals surface area contributed by atoms with Gasteiger partial charge in [0.05, 0.1) is 39.5 Å². The molecule has 0 aliphatic carbocycles. The number of ether oxygens (including phenoxy) is 1. The highest BCUT2D eigenvalue weighted by atomic mass is 35.5. The van der Waals surface area contributed by atoms with Crippen LogP contribution in [-0.4, -0.2) is 43.5 Å². The smallest absolute Gasteiger partial charge is 0.410 e. The van der Waals surface area contributed by atoms with E-state index in [1.165, 1.54) is 53.0 Å². The van der Waals surface area contributed by atoms with Crippen LogP contribution in [0.15, 0.2) is 77.7 Å². The van der Waals surface area contributed by atoms with E-state index in [0.29, 0.717) is 29.5 Å². The average molecular weight is 653 g/mol. The molecule has 0 radical (unpaired) electrons. The number of carbonyl (C=O) groups is 2. The molecule has 0 unspecified atom stereocenters. The summed E-state index contributed by atoms with van der Waals surface area (Å²) in [6, 6.07) is 20.0. The van der Waals surface area contributed by atoms with Gasteiger partial charge in [-0.05, 0) is 67.4 Å². The van der Waals surface area contributed by atoms with Gasteiger partial charge in [0.1, 0.15) is 10.0 Å². The summed E-state index contributed by atoms with van der Waals surface area (Å²) in [5, 5.41) is 4.78. The van der Waals surface area contributed by atoms with Gasteiger partial charge in [0, 0.05) is 22.0 Å². The average Bonchev–Trinajstić information content (AvgIpc) is 3.57. The zero-order chi connectivity index (χ0) is 30.1. The van der Waals surface area contributed by atoms with E-state index in [1.807, 2.05) is 24.3 Å². The number of thiazole rings is 1. The van der Waals surface area contributed by atoms with Crippen molar-refractivity contribution >= 4 is 77.2 Å². The maximum atomic E-state index is 13.8. The molecule has 2 amide bonds. The lowest BCUT2D eigenvalue weighted by Crippen LogP contribution is -2.35. The van der Waals surface area contributed by atoms with Crippen molar-refractivity contribution in [1.29, 1.82) is 0 Å². The Bertz CT molecular complexity index is 1920. The molecule has 1 aliphatic heterocycles. The highest BCUT2D eigenvalue weighted by molar-refractivity contribution is 7.92. The number of rotatable bonds is 7. The third kappa shape index (κ3) is 5.96. The fourth-order valence-corrected chi connectivity index (χ4v) is 8.40. The second-order valence-electron chi connectivity index (χ2n) is 9.62. The highest BCUT2D eigenvalue weighted by Crippen LogP contribution is 2.46. The fourth-order valence-electron chi connectivity index (χ4n) is 4.83. The van der Waals surface area contributed by atoms with E-state index in [-0.39, 0.29) is 28.8 Å². The van der Waals surface area contributed by atoms with Crippen molar-refractivity contribution in [3.63, 3.8) is 0 Å². The molecule has 5 aromatic rings. The lowest BCUT2D eigenvalue weighted by Gasteiger charge is -2.26. The van der Waals surface area contributed by atoms with Crippen molar-refractivity contribution in [3.05, 3.63) is 93.8 Å². The molecule has 3 aromatic carbocycles. The molecule has 0 saturated heterocycles. The summed E-state index contributed by atoms with van der Waals surface area (Å²) in [4.78, 5) is 33.7. The minimum absolute atomic E-state index is 0.0160. The SMILES string of the molecule is CCOC(=O)N1CCc2c(sc(NC(=O)c3ccccc3NS(=O)(=O)c3ccc(Cl)cc3)c2-c2nc3ccccc3s2)C1. The summed E-state index contributed by atoms with van der Waals surface area (Å²) in [6.07, 6.45) is 0.194. The first-order valence-corrected chi connectivity index (χ1v) is 16.8. The van der Waals surface area contributed by atoms with Gasteiger partial charge in [-0.3, -0.25) is 9.52 Å². The number of halogens is 1. The van der Waals surface area contributed by atoms with Gasteiger partial charge in [-0.1, -0.05) is 35.9 Å². The molecule has 0 fully saturated rings. The number of thiophene rings is 1. The first-order chi connectivity index (χ1) is 20.7. The van der Waals surface area contributed by atoms with Crippen LogP contribution in [0.3, 0.4) is 0 Å². The number of hydrogen-bond acceptors (Lipinski definition) is 8. The minimum atomic E-state index is -3.99. The number of amides is 2. The lowest BCUT2D eigenvalue weighted by atomic mass is 10.0. The molecule has 2 N–H and O–H groups in total. The Morgan fingerprint density at radius 3 is 2.53 bits per heavy atom. The van der Waals surface area contributed by atoms with Crippen LogP contribution < -0.4 is 10.0 Å². The van der Waals surface area contributed by atoms with E-state index in [0.717, 1.165) is 31.2 Å². The molecule has 6 rings (SSSR count). The molecule has 13 heteroatoms. The monoisotopic (exact) mass is 652 g/mol. The molecule has 0 bridgehead atoms. The second kappa shape index (κ2) is 12.0. The van der Waals surface area contributed by atoms with E-state index in [2.05, 4.69) is 10.0 Å². The largest absolute Gasteiger partial charge is 0.450 e. The Balaban J connectivity index is 1.35. The topological polar surface area (TPSA) is 118 Å². The first kappa shape index (κ1) is 29.1. The summed E-state index contributed by atoms with van der Waals surface area (Å²) in [5.74, 6) is -0.488. The fraction of sp³-hybridized carbons (Fsp3) is 0.167. The molecule has 0 atom stereocenters. The molecule has 0 saturated carbocycles. The Hall–Kier alpha value is -3.97. The van der Waals surface area contributed by atoms with Crippen LogP contribution in [-0.2, 0) is 27.7 Å². The maximum absolute atomic E-state index is 13.8.